The first-order valence-corrected chi connectivity index (χ1v) is 8.62. The Morgan fingerprint density at radius 3 is 2.40 bits per heavy atom. The number of nitrogens with zero attached hydrogens (tertiary/aromatic N) is 2. The highest BCUT2D eigenvalue weighted by molar-refractivity contribution is 5.82. The van der Waals surface area contributed by atoms with Crippen molar-refractivity contribution in [3.05, 3.63) is 78.1 Å². The van der Waals surface area contributed by atoms with Crippen LogP contribution < -0.4 is 9.88 Å². The molecule has 4 heteroatoms. The van der Waals surface area contributed by atoms with Crippen LogP contribution in [0.1, 0.15) is 29.4 Å². The van der Waals surface area contributed by atoms with E-state index in [1.165, 1.54) is 5.56 Å². The predicted octanol–water partition coefficient (Wildman–Crippen LogP) is 3.47. The van der Waals surface area contributed by atoms with Crippen molar-refractivity contribution in [2.24, 2.45) is 0 Å². The molecule has 124 valence electrons. The fourth-order valence-electron chi connectivity index (χ4n) is 3.21. The summed E-state index contributed by atoms with van der Waals surface area (Å²) in [6.07, 6.45) is 3.30. The molecule has 1 N–H and O–H groups in total. The van der Waals surface area contributed by atoms with E-state index in [-0.39, 0.29) is 11.9 Å². The van der Waals surface area contributed by atoms with Gasteiger partial charge in [0.05, 0.1) is 0 Å². The molecule has 1 unspecified atom stereocenters. The van der Waals surface area contributed by atoms with Crippen molar-refractivity contribution in [3.8, 4) is 11.3 Å². The molecule has 0 aliphatic carbocycles. The number of anilines is 1. The zero-order valence-corrected chi connectivity index (χ0v) is 14.1. The van der Waals surface area contributed by atoms with Crippen molar-refractivity contribution < 1.29 is 9.36 Å². The van der Waals surface area contributed by atoms with E-state index in [1.807, 2.05) is 61.7 Å². The Bertz CT molecular complexity index is 907. The minimum Gasteiger partial charge on any atom is -0.258 e. The zero-order valence-electron chi connectivity index (χ0n) is 14.1. The number of hydrogen-bond donors (Lipinski definition) is 1. The Morgan fingerprint density at radius 2 is 1.72 bits per heavy atom. The number of carbonyl (C=O) groups is 1. The van der Waals surface area contributed by atoms with Crippen LogP contribution in [0.4, 0.5) is 5.82 Å². The molecule has 1 aliphatic rings. The number of hydrogen-bond acceptors (Lipinski definition) is 3. The van der Waals surface area contributed by atoms with Crippen LogP contribution in [-0.4, -0.2) is 16.9 Å². The Labute approximate surface area is 147 Å². The Hall–Kier alpha value is -3.01. The Kier molecular flexibility index (Phi) is 4.02. The molecule has 1 aromatic heterocycles. The van der Waals surface area contributed by atoms with E-state index in [4.69, 9.17) is 4.98 Å². The van der Waals surface area contributed by atoms with E-state index in [2.05, 4.69) is 17.4 Å². The summed E-state index contributed by atoms with van der Waals surface area (Å²) < 4.78 is 1.74. The average molecular weight is 330 g/mol. The summed E-state index contributed by atoms with van der Waals surface area (Å²) in [6.45, 7) is 2.02. The summed E-state index contributed by atoms with van der Waals surface area (Å²) in [5, 5.41) is 3.35. The topological polar surface area (TPSA) is 45.9 Å². The van der Waals surface area contributed by atoms with E-state index in [0.717, 1.165) is 29.2 Å². The Morgan fingerprint density at radius 1 is 1.04 bits per heavy atom. The molecule has 25 heavy (non-hydrogen) atoms. The number of benzene rings is 2. The zero-order chi connectivity index (χ0) is 17.2. The van der Waals surface area contributed by atoms with Gasteiger partial charge in [0, 0.05) is 12.0 Å². The molecule has 0 fully saturated rings. The summed E-state index contributed by atoms with van der Waals surface area (Å²) in [4.78, 5) is 17.6. The third-order valence-corrected chi connectivity index (χ3v) is 4.56. The van der Waals surface area contributed by atoms with Gasteiger partial charge in [-0.3, -0.25) is 5.32 Å². The van der Waals surface area contributed by atoms with Gasteiger partial charge in [0.15, 0.2) is 6.04 Å². The van der Waals surface area contributed by atoms with Crippen LogP contribution in [0.3, 0.4) is 0 Å². The normalized spacial score (nSPS) is 15.7. The average Bonchev–Trinajstić information content (AvgIpc) is 3.00. The van der Waals surface area contributed by atoms with Gasteiger partial charge < -0.3 is 0 Å². The lowest BCUT2D eigenvalue weighted by Gasteiger charge is -2.07. The molecule has 4 nitrogen and oxygen atoms in total. The lowest BCUT2D eigenvalue weighted by molar-refractivity contribution is -0.552. The van der Waals surface area contributed by atoms with E-state index < -0.39 is 0 Å². The summed E-state index contributed by atoms with van der Waals surface area (Å²) in [6, 6.07) is 20.0. The smallest absolute Gasteiger partial charge is 0.258 e. The van der Waals surface area contributed by atoms with Gasteiger partial charge in [-0.1, -0.05) is 67.6 Å². The van der Waals surface area contributed by atoms with Crippen molar-refractivity contribution >= 4 is 11.7 Å². The molecule has 0 radical (unpaired) electrons. The van der Waals surface area contributed by atoms with Crippen LogP contribution in [0.2, 0.25) is 0 Å². The van der Waals surface area contributed by atoms with Crippen LogP contribution in [-0.2, 0) is 6.42 Å². The minimum atomic E-state index is -0.178. The molecule has 0 spiro atoms. The number of fused-ring (bicyclic) bond motifs is 1. The van der Waals surface area contributed by atoms with Gasteiger partial charge in [-0.2, -0.15) is 4.57 Å². The first-order valence-electron chi connectivity index (χ1n) is 8.62. The maximum Gasteiger partial charge on any atom is 0.359 e. The van der Waals surface area contributed by atoms with E-state index in [1.54, 1.807) is 4.57 Å². The minimum absolute atomic E-state index is 0.0893. The molecule has 0 bridgehead atoms. The van der Waals surface area contributed by atoms with Crippen molar-refractivity contribution in [3.63, 3.8) is 0 Å². The second-order valence-electron chi connectivity index (χ2n) is 6.26. The third kappa shape index (κ3) is 2.91. The fourth-order valence-corrected chi connectivity index (χ4v) is 3.21. The highest BCUT2D eigenvalue weighted by atomic mass is 16.2. The highest BCUT2D eigenvalue weighted by Gasteiger charge is 2.39. The third-order valence-electron chi connectivity index (χ3n) is 4.56. The summed E-state index contributed by atoms with van der Waals surface area (Å²) >= 11 is 0. The second kappa shape index (κ2) is 6.48. The van der Waals surface area contributed by atoms with Crippen molar-refractivity contribution in [1.29, 1.82) is 0 Å². The number of nitrogens with one attached hydrogen (secondary N) is 1. The Balaban J connectivity index is 1.83. The number of aromatic nitrogens is 2. The van der Waals surface area contributed by atoms with Crippen molar-refractivity contribution in [2.45, 2.75) is 25.8 Å². The van der Waals surface area contributed by atoms with Crippen LogP contribution in [0, 0.1) is 0 Å². The molecule has 2 heterocycles. The summed E-state index contributed by atoms with van der Waals surface area (Å²) in [5.74, 6) is 0.909. The molecule has 0 amide bonds. The van der Waals surface area contributed by atoms with Crippen molar-refractivity contribution in [1.82, 2.24) is 4.98 Å². The molecule has 0 saturated carbocycles. The SMILES string of the molecule is CCC1Nc2c(Cc3ccccc3)nc(-c3ccccc3)c[n+]2C1=O. The molecule has 0 saturated heterocycles. The van der Waals surface area contributed by atoms with Gasteiger partial charge in [0.25, 0.3) is 0 Å². The predicted molar refractivity (Wildman–Crippen MR) is 97.4 cm³/mol. The van der Waals surface area contributed by atoms with E-state index in [0.29, 0.717) is 6.42 Å². The first-order chi connectivity index (χ1) is 12.3. The fraction of sp³-hybridized carbons (Fsp3) is 0.190. The summed E-state index contributed by atoms with van der Waals surface area (Å²) in [5.41, 5.74) is 3.91. The monoisotopic (exact) mass is 330 g/mol. The first kappa shape index (κ1) is 15.5. The van der Waals surface area contributed by atoms with Crippen LogP contribution in [0.25, 0.3) is 11.3 Å². The molecule has 1 aliphatic heterocycles. The molecule has 1 atom stereocenters. The standard InChI is InChI=1S/C21H19N3O/c1-2-17-21(25)24-14-19(16-11-7-4-8-12-16)22-18(20(24)23-17)13-15-9-5-3-6-10-15/h3-12,14,17H,2,13H2,1H3/p+1. The van der Waals surface area contributed by atoms with Crippen LogP contribution >= 0.6 is 0 Å². The van der Waals surface area contributed by atoms with Gasteiger partial charge >= 0.3 is 11.7 Å². The van der Waals surface area contributed by atoms with Gasteiger partial charge in [0.2, 0.25) is 0 Å². The number of rotatable bonds is 4. The molecular weight excluding hydrogens is 310 g/mol. The maximum atomic E-state index is 12.7. The highest BCUT2D eigenvalue weighted by Crippen LogP contribution is 2.24. The van der Waals surface area contributed by atoms with E-state index >= 15 is 0 Å². The molecular formula is C21H20N3O+. The number of carbonyl (C=O) groups excluding carboxylic acids is 1. The van der Waals surface area contributed by atoms with Gasteiger partial charge in [-0.05, 0) is 12.0 Å². The lowest BCUT2D eigenvalue weighted by Crippen LogP contribution is -2.43. The van der Waals surface area contributed by atoms with Gasteiger partial charge in [-0.15, -0.1) is 0 Å². The second-order valence-corrected chi connectivity index (χ2v) is 6.26. The van der Waals surface area contributed by atoms with E-state index in [9.17, 15) is 4.79 Å². The molecule has 4 rings (SSSR count). The maximum absolute atomic E-state index is 12.7. The van der Waals surface area contributed by atoms with Crippen molar-refractivity contribution in [2.75, 3.05) is 5.32 Å². The lowest BCUT2D eigenvalue weighted by atomic mass is 10.1. The van der Waals surface area contributed by atoms with Crippen LogP contribution in [0.15, 0.2) is 66.9 Å². The largest absolute Gasteiger partial charge is 0.359 e. The quantitative estimate of drug-likeness (QED) is 0.745. The van der Waals surface area contributed by atoms with Crippen LogP contribution in [0.5, 0.6) is 0 Å². The van der Waals surface area contributed by atoms with Gasteiger partial charge in [-0.25, -0.2) is 9.78 Å². The van der Waals surface area contributed by atoms with Gasteiger partial charge in [0.1, 0.15) is 17.6 Å². The summed E-state index contributed by atoms with van der Waals surface area (Å²) in [7, 11) is 0. The molecule has 2 aromatic carbocycles. The molecule has 3 aromatic rings.